The van der Waals surface area contributed by atoms with Crippen molar-refractivity contribution in [2.75, 3.05) is 12.8 Å². The van der Waals surface area contributed by atoms with Crippen molar-refractivity contribution in [2.24, 2.45) is 0 Å². The summed E-state index contributed by atoms with van der Waals surface area (Å²) in [5.74, 6) is 0.639. The molecule has 1 unspecified atom stereocenters. The zero-order chi connectivity index (χ0) is 8.97. The number of nitrogens with one attached hydrogen (secondary N) is 1. The van der Waals surface area contributed by atoms with E-state index < -0.39 is 0 Å². The lowest BCUT2D eigenvalue weighted by Crippen LogP contribution is -2.24. The number of nitrogen functional groups attached to an aromatic ring is 1. The van der Waals surface area contributed by atoms with Crippen LogP contribution in [0, 0.1) is 0 Å². The molecule has 1 aromatic heterocycles. The maximum atomic E-state index is 5.68. The van der Waals surface area contributed by atoms with Gasteiger partial charge in [-0.05, 0) is 32.0 Å². The number of anilines is 1. The highest BCUT2D eigenvalue weighted by Crippen LogP contribution is 2.08. The smallest absolute Gasteiger partial charge is 0.126 e. The van der Waals surface area contributed by atoms with E-state index in [4.69, 9.17) is 5.73 Å². The van der Waals surface area contributed by atoms with Crippen LogP contribution >= 0.6 is 0 Å². The van der Waals surface area contributed by atoms with Gasteiger partial charge >= 0.3 is 0 Å². The van der Waals surface area contributed by atoms with E-state index in [1.54, 1.807) is 6.20 Å². The molecule has 0 fully saturated rings. The third kappa shape index (κ3) is 2.20. The fourth-order valence-electron chi connectivity index (χ4n) is 1.06. The largest absolute Gasteiger partial charge is 0.383 e. The number of nitrogens with zero attached hydrogens (tertiary/aromatic N) is 1. The van der Waals surface area contributed by atoms with E-state index in [-0.39, 0.29) is 0 Å². The summed E-state index contributed by atoms with van der Waals surface area (Å²) in [4.78, 5) is 4.02. The second-order valence-electron chi connectivity index (χ2n) is 2.94. The molecular formula is C9H15N3. The van der Waals surface area contributed by atoms with Crippen LogP contribution in [0.15, 0.2) is 18.3 Å². The second-order valence-corrected chi connectivity index (χ2v) is 2.94. The van der Waals surface area contributed by atoms with Gasteiger partial charge in [0.1, 0.15) is 5.82 Å². The first-order valence-corrected chi connectivity index (χ1v) is 4.10. The van der Waals surface area contributed by atoms with Crippen LogP contribution in [0.2, 0.25) is 0 Å². The predicted octanol–water partition coefficient (Wildman–Crippen LogP) is 0.814. The molecule has 1 atom stereocenters. The molecule has 0 bridgehead atoms. The fourth-order valence-corrected chi connectivity index (χ4v) is 1.06. The molecule has 0 radical (unpaired) electrons. The topological polar surface area (TPSA) is 50.9 Å². The van der Waals surface area contributed by atoms with E-state index >= 15 is 0 Å². The van der Waals surface area contributed by atoms with Crippen molar-refractivity contribution < 1.29 is 0 Å². The standard InChI is InChI=1S/C9H15N3/c1-7(11-2)6-8-4-3-5-12-9(8)10/h3-5,7,11H,6H2,1-2H3,(H2,10,12). The zero-order valence-corrected chi connectivity index (χ0v) is 7.54. The van der Waals surface area contributed by atoms with Crippen molar-refractivity contribution in [3.63, 3.8) is 0 Å². The molecule has 0 aliphatic rings. The van der Waals surface area contributed by atoms with Gasteiger partial charge in [-0.15, -0.1) is 0 Å². The Labute approximate surface area is 73.0 Å². The highest BCUT2D eigenvalue weighted by molar-refractivity contribution is 5.38. The molecule has 12 heavy (non-hydrogen) atoms. The molecule has 0 aliphatic heterocycles. The molecule has 3 N–H and O–H groups in total. The van der Waals surface area contributed by atoms with Crippen molar-refractivity contribution >= 4 is 5.82 Å². The maximum Gasteiger partial charge on any atom is 0.126 e. The van der Waals surface area contributed by atoms with E-state index in [2.05, 4.69) is 17.2 Å². The summed E-state index contributed by atoms with van der Waals surface area (Å²) < 4.78 is 0. The van der Waals surface area contributed by atoms with Crippen molar-refractivity contribution in [1.29, 1.82) is 0 Å². The van der Waals surface area contributed by atoms with E-state index in [1.807, 2.05) is 19.2 Å². The van der Waals surface area contributed by atoms with E-state index in [9.17, 15) is 0 Å². The number of nitrogens with two attached hydrogens (primary N) is 1. The number of rotatable bonds is 3. The molecule has 0 amide bonds. The van der Waals surface area contributed by atoms with Crippen LogP contribution in [-0.4, -0.2) is 18.1 Å². The molecule has 0 spiro atoms. The molecular weight excluding hydrogens is 150 g/mol. The Bertz CT molecular complexity index is 247. The molecule has 66 valence electrons. The summed E-state index contributed by atoms with van der Waals surface area (Å²) >= 11 is 0. The van der Waals surface area contributed by atoms with Crippen molar-refractivity contribution in [1.82, 2.24) is 10.3 Å². The Balaban J connectivity index is 2.69. The molecule has 0 saturated carbocycles. The summed E-state index contributed by atoms with van der Waals surface area (Å²) in [5.41, 5.74) is 6.80. The monoisotopic (exact) mass is 165 g/mol. The fraction of sp³-hybridized carbons (Fsp3) is 0.444. The van der Waals surface area contributed by atoms with Crippen LogP contribution in [0.4, 0.5) is 5.82 Å². The molecule has 3 nitrogen and oxygen atoms in total. The molecule has 1 rings (SSSR count). The van der Waals surface area contributed by atoms with Gasteiger partial charge < -0.3 is 11.1 Å². The lowest BCUT2D eigenvalue weighted by atomic mass is 10.1. The van der Waals surface area contributed by atoms with E-state index in [0.717, 1.165) is 12.0 Å². The van der Waals surface area contributed by atoms with Crippen molar-refractivity contribution in [2.45, 2.75) is 19.4 Å². The first-order chi connectivity index (χ1) is 5.74. The Morgan fingerprint density at radius 1 is 1.67 bits per heavy atom. The number of likely N-dealkylation sites (N-methyl/N-ethyl adjacent to an activating group) is 1. The summed E-state index contributed by atoms with van der Waals surface area (Å²) in [6, 6.07) is 4.36. The summed E-state index contributed by atoms with van der Waals surface area (Å²) in [6.45, 7) is 2.12. The lowest BCUT2D eigenvalue weighted by molar-refractivity contribution is 0.608. The number of pyridine rings is 1. The van der Waals surface area contributed by atoms with Gasteiger partial charge in [-0.25, -0.2) is 4.98 Å². The summed E-state index contributed by atoms with van der Waals surface area (Å²) in [6.07, 6.45) is 2.64. The van der Waals surface area contributed by atoms with Crippen LogP contribution in [-0.2, 0) is 6.42 Å². The second kappa shape index (κ2) is 4.07. The van der Waals surface area contributed by atoms with Gasteiger partial charge in [0.05, 0.1) is 0 Å². The Morgan fingerprint density at radius 2 is 2.42 bits per heavy atom. The summed E-state index contributed by atoms with van der Waals surface area (Å²) in [5, 5.41) is 3.16. The highest BCUT2D eigenvalue weighted by Gasteiger charge is 2.03. The van der Waals surface area contributed by atoms with Gasteiger partial charge in [-0.1, -0.05) is 6.07 Å². The molecule has 0 aromatic carbocycles. The Hall–Kier alpha value is -1.09. The first-order valence-electron chi connectivity index (χ1n) is 4.10. The maximum absolute atomic E-state index is 5.68. The SMILES string of the molecule is CNC(C)Cc1cccnc1N. The van der Waals surface area contributed by atoms with Gasteiger partial charge in [-0.2, -0.15) is 0 Å². The first kappa shape index (κ1) is 9.00. The third-order valence-corrected chi connectivity index (χ3v) is 1.94. The Kier molecular flexibility index (Phi) is 3.05. The Morgan fingerprint density at radius 3 is 3.00 bits per heavy atom. The van der Waals surface area contributed by atoms with Crippen molar-refractivity contribution in [3.8, 4) is 0 Å². The van der Waals surface area contributed by atoms with Crippen LogP contribution in [0.3, 0.4) is 0 Å². The van der Waals surface area contributed by atoms with Crippen LogP contribution in [0.25, 0.3) is 0 Å². The van der Waals surface area contributed by atoms with Crippen LogP contribution < -0.4 is 11.1 Å². The van der Waals surface area contributed by atoms with Gasteiger partial charge in [0.25, 0.3) is 0 Å². The molecule has 1 aromatic rings. The van der Waals surface area contributed by atoms with Crippen LogP contribution in [0.5, 0.6) is 0 Å². The van der Waals surface area contributed by atoms with Crippen molar-refractivity contribution in [3.05, 3.63) is 23.9 Å². The molecule has 3 heteroatoms. The lowest BCUT2D eigenvalue weighted by Gasteiger charge is -2.10. The minimum atomic E-state index is 0.441. The highest BCUT2D eigenvalue weighted by atomic mass is 14.9. The normalized spacial score (nSPS) is 12.8. The molecule has 0 aliphatic carbocycles. The molecule has 0 saturated heterocycles. The van der Waals surface area contributed by atoms with Gasteiger partial charge in [-0.3, -0.25) is 0 Å². The van der Waals surface area contributed by atoms with Gasteiger partial charge in [0.15, 0.2) is 0 Å². The average Bonchev–Trinajstić information content (AvgIpc) is 2.09. The zero-order valence-electron chi connectivity index (χ0n) is 7.54. The number of hydrogen-bond acceptors (Lipinski definition) is 3. The van der Waals surface area contributed by atoms with E-state index in [1.165, 1.54) is 0 Å². The number of aromatic nitrogens is 1. The predicted molar refractivity (Wildman–Crippen MR) is 50.9 cm³/mol. The van der Waals surface area contributed by atoms with Crippen LogP contribution in [0.1, 0.15) is 12.5 Å². The minimum absolute atomic E-state index is 0.441. The van der Waals surface area contributed by atoms with E-state index in [0.29, 0.717) is 11.9 Å². The molecule has 1 heterocycles. The number of hydrogen-bond donors (Lipinski definition) is 2. The van der Waals surface area contributed by atoms with Gasteiger partial charge in [0.2, 0.25) is 0 Å². The summed E-state index contributed by atoms with van der Waals surface area (Å²) in [7, 11) is 1.94. The quantitative estimate of drug-likeness (QED) is 0.697. The van der Waals surface area contributed by atoms with Gasteiger partial charge in [0, 0.05) is 12.2 Å². The average molecular weight is 165 g/mol. The minimum Gasteiger partial charge on any atom is -0.383 e. The third-order valence-electron chi connectivity index (χ3n) is 1.94.